The maximum Gasteiger partial charge on any atom is 0.256 e. The molecule has 1 amide bonds. The third-order valence-corrected chi connectivity index (χ3v) is 6.09. The van der Waals surface area contributed by atoms with E-state index in [9.17, 15) is 4.79 Å². The number of aromatic nitrogens is 2. The number of rotatable bonds is 5. The number of nitrogens with zero attached hydrogens (tertiary/aromatic N) is 5. The Morgan fingerprint density at radius 2 is 2.08 bits per heavy atom. The molecule has 3 atom stereocenters. The van der Waals surface area contributed by atoms with Crippen LogP contribution in [0.3, 0.4) is 0 Å². The fourth-order valence-corrected chi connectivity index (χ4v) is 4.78. The van der Waals surface area contributed by atoms with Gasteiger partial charge in [0, 0.05) is 44.9 Å². The number of amidine groups is 1. The summed E-state index contributed by atoms with van der Waals surface area (Å²) < 4.78 is 5.19. The van der Waals surface area contributed by atoms with Crippen LogP contribution in [0.2, 0.25) is 0 Å². The molecule has 140 valence electrons. The molecule has 2 fully saturated rings. The average Bonchev–Trinajstić information content (AvgIpc) is 3.29. The Balaban J connectivity index is 1.58. The lowest BCUT2D eigenvalue weighted by Gasteiger charge is -2.28. The minimum absolute atomic E-state index is 0.172. The van der Waals surface area contributed by atoms with Crippen molar-refractivity contribution in [3.63, 3.8) is 0 Å². The van der Waals surface area contributed by atoms with E-state index in [4.69, 9.17) is 9.73 Å². The van der Waals surface area contributed by atoms with Crippen molar-refractivity contribution in [1.29, 1.82) is 0 Å². The topological polar surface area (TPSA) is 70.9 Å². The lowest BCUT2D eigenvalue weighted by Crippen LogP contribution is -2.47. The number of hydrogen-bond donors (Lipinski definition) is 0. The van der Waals surface area contributed by atoms with E-state index in [1.807, 2.05) is 24.2 Å². The predicted molar refractivity (Wildman–Crippen MR) is 99.2 cm³/mol. The molecule has 7 nitrogen and oxygen atoms in total. The maximum absolute atomic E-state index is 13.3. The van der Waals surface area contributed by atoms with Crippen molar-refractivity contribution in [2.24, 2.45) is 16.8 Å². The third kappa shape index (κ3) is 2.60. The summed E-state index contributed by atoms with van der Waals surface area (Å²) in [5.74, 6) is 2.58. The SMILES string of the molecule is CCC1=N[C@@]2(CC[C@@H]3CN(c4ncc(C)cn4)C[C@@H]32)C(=O)N1CCOC. The largest absolute Gasteiger partial charge is 0.383 e. The highest BCUT2D eigenvalue weighted by molar-refractivity contribution is 6.08. The molecule has 7 heteroatoms. The van der Waals surface area contributed by atoms with Crippen molar-refractivity contribution < 1.29 is 9.53 Å². The van der Waals surface area contributed by atoms with Crippen molar-refractivity contribution in [3.05, 3.63) is 18.0 Å². The van der Waals surface area contributed by atoms with Gasteiger partial charge in [-0.05, 0) is 31.2 Å². The van der Waals surface area contributed by atoms with E-state index in [2.05, 4.69) is 21.8 Å². The molecular formula is C19H27N5O2. The van der Waals surface area contributed by atoms with Crippen molar-refractivity contribution in [2.45, 2.75) is 38.6 Å². The van der Waals surface area contributed by atoms with Gasteiger partial charge >= 0.3 is 0 Å². The molecule has 0 unspecified atom stereocenters. The zero-order valence-corrected chi connectivity index (χ0v) is 15.8. The molecular weight excluding hydrogens is 330 g/mol. The van der Waals surface area contributed by atoms with Gasteiger partial charge in [0.2, 0.25) is 5.95 Å². The molecule has 26 heavy (non-hydrogen) atoms. The number of hydrogen-bond acceptors (Lipinski definition) is 6. The number of carbonyl (C=O) groups excluding carboxylic acids is 1. The number of fused-ring (bicyclic) bond motifs is 2. The number of ether oxygens (including phenoxy) is 1. The third-order valence-electron chi connectivity index (χ3n) is 6.09. The van der Waals surface area contributed by atoms with Crippen molar-refractivity contribution in [2.75, 3.05) is 38.3 Å². The molecule has 1 saturated carbocycles. The standard InChI is InChI=1S/C19H27N5O2/c1-4-16-22-19(17(25)24(16)7-8-26-3)6-5-14-11-23(12-15(14)19)18-20-9-13(2)10-21-18/h9-10,14-15H,4-8,11-12H2,1-3H3/t14-,15+,19-/m1/s1. The molecule has 3 heterocycles. The second kappa shape index (κ2) is 6.61. The van der Waals surface area contributed by atoms with Gasteiger partial charge in [-0.3, -0.25) is 14.7 Å². The van der Waals surface area contributed by atoms with Crippen LogP contribution in [0.4, 0.5) is 5.95 Å². The molecule has 0 N–H and O–H groups in total. The first-order valence-corrected chi connectivity index (χ1v) is 9.52. The highest BCUT2D eigenvalue weighted by Crippen LogP contribution is 2.50. The van der Waals surface area contributed by atoms with Gasteiger partial charge in [0.1, 0.15) is 11.4 Å². The Kier molecular flexibility index (Phi) is 4.42. The molecule has 1 saturated heterocycles. The Labute approximate surface area is 154 Å². The lowest BCUT2D eigenvalue weighted by molar-refractivity contribution is -0.132. The molecule has 1 spiro atoms. The highest BCUT2D eigenvalue weighted by atomic mass is 16.5. The molecule has 1 aromatic heterocycles. The van der Waals surface area contributed by atoms with E-state index in [1.165, 1.54) is 0 Å². The Morgan fingerprint density at radius 3 is 2.77 bits per heavy atom. The average molecular weight is 357 g/mol. The van der Waals surface area contributed by atoms with Crippen LogP contribution < -0.4 is 4.90 Å². The van der Waals surface area contributed by atoms with Gasteiger partial charge in [0.05, 0.1) is 13.2 Å². The number of methoxy groups -OCH3 is 1. The zero-order valence-electron chi connectivity index (χ0n) is 15.8. The minimum Gasteiger partial charge on any atom is -0.383 e. The molecule has 0 aromatic carbocycles. The van der Waals surface area contributed by atoms with Crippen LogP contribution in [0.1, 0.15) is 31.7 Å². The number of aryl methyl sites for hydroxylation is 1. The van der Waals surface area contributed by atoms with Crippen molar-refractivity contribution in [3.8, 4) is 0 Å². The van der Waals surface area contributed by atoms with Crippen LogP contribution in [-0.2, 0) is 9.53 Å². The van der Waals surface area contributed by atoms with Gasteiger partial charge in [0.25, 0.3) is 5.91 Å². The van der Waals surface area contributed by atoms with E-state index in [0.717, 1.165) is 49.7 Å². The molecule has 2 aliphatic heterocycles. The summed E-state index contributed by atoms with van der Waals surface area (Å²) in [5, 5.41) is 0. The van der Waals surface area contributed by atoms with Crippen molar-refractivity contribution >= 4 is 17.7 Å². The molecule has 3 aliphatic rings. The lowest BCUT2D eigenvalue weighted by atomic mass is 9.85. The van der Waals surface area contributed by atoms with Crippen LogP contribution in [-0.4, -0.2) is 65.5 Å². The molecule has 0 radical (unpaired) electrons. The summed E-state index contributed by atoms with van der Waals surface area (Å²) in [6, 6.07) is 0. The molecule has 1 aliphatic carbocycles. The zero-order chi connectivity index (χ0) is 18.3. The number of amides is 1. The number of anilines is 1. The minimum atomic E-state index is -0.580. The van der Waals surface area contributed by atoms with Gasteiger partial charge in [-0.25, -0.2) is 9.97 Å². The first-order chi connectivity index (χ1) is 12.6. The van der Waals surface area contributed by atoms with E-state index in [1.54, 1.807) is 7.11 Å². The molecule has 1 aromatic rings. The summed E-state index contributed by atoms with van der Waals surface area (Å²) in [7, 11) is 1.67. The van der Waals surface area contributed by atoms with Crippen LogP contribution in [0.15, 0.2) is 17.4 Å². The second-order valence-corrected chi connectivity index (χ2v) is 7.63. The van der Waals surface area contributed by atoms with Crippen LogP contribution in [0.5, 0.6) is 0 Å². The summed E-state index contributed by atoms with van der Waals surface area (Å²) in [4.78, 5) is 31.4. The second-order valence-electron chi connectivity index (χ2n) is 7.63. The summed E-state index contributed by atoms with van der Waals surface area (Å²) in [6.45, 7) is 6.91. The van der Waals surface area contributed by atoms with Gasteiger partial charge in [0.15, 0.2) is 0 Å². The maximum atomic E-state index is 13.3. The first kappa shape index (κ1) is 17.4. The van der Waals surface area contributed by atoms with E-state index in [0.29, 0.717) is 19.1 Å². The van der Waals surface area contributed by atoms with E-state index < -0.39 is 5.54 Å². The predicted octanol–water partition coefficient (Wildman–Crippen LogP) is 1.67. The van der Waals surface area contributed by atoms with Gasteiger partial charge < -0.3 is 9.64 Å². The van der Waals surface area contributed by atoms with Crippen molar-refractivity contribution in [1.82, 2.24) is 14.9 Å². The number of carbonyl (C=O) groups is 1. The van der Waals surface area contributed by atoms with Gasteiger partial charge in [-0.2, -0.15) is 0 Å². The highest BCUT2D eigenvalue weighted by Gasteiger charge is 2.61. The van der Waals surface area contributed by atoms with E-state index in [-0.39, 0.29) is 11.8 Å². The number of aliphatic imine (C=N–C) groups is 1. The van der Waals surface area contributed by atoms with Gasteiger partial charge in [-0.1, -0.05) is 6.92 Å². The van der Waals surface area contributed by atoms with Gasteiger partial charge in [-0.15, -0.1) is 0 Å². The smallest absolute Gasteiger partial charge is 0.256 e. The fraction of sp³-hybridized carbons (Fsp3) is 0.684. The summed E-state index contributed by atoms with van der Waals surface area (Å²) in [5.41, 5.74) is 0.477. The van der Waals surface area contributed by atoms with Crippen LogP contribution in [0.25, 0.3) is 0 Å². The quantitative estimate of drug-likeness (QED) is 0.802. The molecule has 4 rings (SSSR count). The summed E-state index contributed by atoms with van der Waals surface area (Å²) >= 11 is 0. The van der Waals surface area contributed by atoms with Crippen LogP contribution >= 0.6 is 0 Å². The van der Waals surface area contributed by atoms with Crippen LogP contribution in [0, 0.1) is 18.8 Å². The Hall–Kier alpha value is -2.02. The Morgan fingerprint density at radius 1 is 1.31 bits per heavy atom. The fourth-order valence-electron chi connectivity index (χ4n) is 4.78. The Bertz CT molecular complexity index is 719. The molecule has 0 bridgehead atoms. The van der Waals surface area contributed by atoms with E-state index >= 15 is 0 Å². The summed E-state index contributed by atoms with van der Waals surface area (Å²) in [6.07, 6.45) is 6.38. The first-order valence-electron chi connectivity index (χ1n) is 9.52. The monoisotopic (exact) mass is 357 g/mol. The normalized spacial score (nSPS) is 30.4.